The highest BCUT2D eigenvalue weighted by molar-refractivity contribution is 4.84. The summed E-state index contributed by atoms with van der Waals surface area (Å²) in [6.07, 6.45) is 13.5. The van der Waals surface area contributed by atoms with Gasteiger partial charge in [0.05, 0.1) is 0 Å². The van der Waals surface area contributed by atoms with Gasteiger partial charge in [-0.15, -0.1) is 0 Å². The molecule has 2 aliphatic carbocycles. The van der Waals surface area contributed by atoms with E-state index in [-0.39, 0.29) is 0 Å². The van der Waals surface area contributed by atoms with Gasteiger partial charge in [0.25, 0.3) is 0 Å². The summed E-state index contributed by atoms with van der Waals surface area (Å²) >= 11 is 0. The van der Waals surface area contributed by atoms with Crippen LogP contribution in [0.5, 0.6) is 0 Å². The molecule has 0 nitrogen and oxygen atoms in total. The van der Waals surface area contributed by atoms with Gasteiger partial charge in [-0.05, 0) is 67.6 Å². The second-order valence-corrected chi connectivity index (χ2v) is 7.93. The van der Waals surface area contributed by atoms with Gasteiger partial charge in [-0.3, -0.25) is 0 Å². The van der Waals surface area contributed by atoms with Crippen LogP contribution in [-0.4, -0.2) is 0 Å². The molecule has 0 aromatic carbocycles. The van der Waals surface area contributed by atoms with E-state index in [4.69, 9.17) is 0 Å². The standard InChI is InChI=1S/C19H36/c1-5-16-9-7-14(3)11-18(16)13-19-12-15(4)8-10-17(19)6-2/h14-19H,5-13H2,1-4H3. The van der Waals surface area contributed by atoms with Gasteiger partial charge in [0.2, 0.25) is 0 Å². The van der Waals surface area contributed by atoms with Crippen LogP contribution in [0.3, 0.4) is 0 Å². The lowest BCUT2D eigenvalue weighted by Crippen LogP contribution is -2.30. The predicted octanol–water partition coefficient (Wildman–Crippen LogP) is 6.30. The first-order valence-corrected chi connectivity index (χ1v) is 9.13. The third-order valence-electron chi connectivity index (χ3n) is 6.46. The molecule has 112 valence electrons. The van der Waals surface area contributed by atoms with Crippen molar-refractivity contribution in [1.82, 2.24) is 0 Å². The van der Waals surface area contributed by atoms with Crippen LogP contribution in [-0.2, 0) is 0 Å². The first-order valence-electron chi connectivity index (χ1n) is 9.13. The second-order valence-electron chi connectivity index (χ2n) is 7.93. The van der Waals surface area contributed by atoms with Crippen molar-refractivity contribution in [2.45, 2.75) is 85.5 Å². The van der Waals surface area contributed by atoms with Crippen molar-refractivity contribution in [2.75, 3.05) is 0 Å². The van der Waals surface area contributed by atoms with E-state index in [1.807, 2.05) is 0 Å². The average molecular weight is 264 g/mol. The summed E-state index contributed by atoms with van der Waals surface area (Å²) in [5, 5.41) is 0. The fraction of sp³-hybridized carbons (Fsp3) is 1.00. The van der Waals surface area contributed by atoms with E-state index in [0.29, 0.717) is 0 Å². The third kappa shape index (κ3) is 3.99. The molecule has 2 rings (SSSR count). The zero-order valence-electron chi connectivity index (χ0n) is 13.8. The Balaban J connectivity index is 1.95. The highest BCUT2D eigenvalue weighted by atomic mass is 14.4. The Morgan fingerprint density at radius 1 is 0.632 bits per heavy atom. The topological polar surface area (TPSA) is 0 Å². The predicted molar refractivity (Wildman–Crippen MR) is 85.2 cm³/mol. The molecule has 0 bridgehead atoms. The van der Waals surface area contributed by atoms with Gasteiger partial charge >= 0.3 is 0 Å². The molecular weight excluding hydrogens is 228 g/mol. The molecule has 2 aliphatic rings. The fourth-order valence-electron chi connectivity index (χ4n) is 5.16. The Hall–Kier alpha value is 0. The van der Waals surface area contributed by atoms with E-state index in [1.54, 1.807) is 6.42 Å². The lowest BCUT2D eigenvalue weighted by atomic mass is 9.65. The highest BCUT2D eigenvalue weighted by Crippen LogP contribution is 2.45. The Labute approximate surface area is 121 Å². The van der Waals surface area contributed by atoms with Crippen molar-refractivity contribution >= 4 is 0 Å². The summed E-state index contributed by atoms with van der Waals surface area (Å²) in [5.74, 6) is 6.19. The maximum Gasteiger partial charge on any atom is -0.0381 e. The molecule has 6 atom stereocenters. The maximum absolute atomic E-state index is 2.49. The first-order chi connectivity index (χ1) is 9.13. The largest absolute Gasteiger partial charge is 0.0651 e. The summed E-state index contributed by atoms with van der Waals surface area (Å²) in [6.45, 7) is 9.82. The summed E-state index contributed by atoms with van der Waals surface area (Å²) < 4.78 is 0. The molecule has 0 aromatic rings. The lowest BCUT2D eigenvalue weighted by molar-refractivity contribution is 0.0984. The SMILES string of the molecule is CCC1CCC(C)CC1CC1CC(C)CCC1CC. The number of hydrogen-bond donors (Lipinski definition) is 0. The van der Waals surface area contributed by atoms with Crippen molar-refractivity contribution < 1.29 is 0 Å². The molecule has 0 radical (unpaired) electrons. The quantitative estimate of drug-likeness (QED) is 0.559. The van der Waals surface area contributed by atoms with E-state index in [1.165, 1.54) is 51.4 Å². The minimum Gasteiger partial charge on any atom is -0.0651 e. The Bertz CT molecular complexity index is 231. The highest BCUT2D eigenvalue weighted by Gasteiger charge is 2.34. The molecule has 0 aliphatic heterocycles. The molecule has 0 heterocycles. The van der Waals surface area contributed by atoms with Gasteiger partial charge < -0.3 is 0 Å². The molecule has 19 heavy (non-hydrogen) atoms. The Kier molecular flexibility index (Phi) is 5.78. The molecule has 0 heteroatoms. The van der Waals surface area contributed by atoms with Crippen LogP contribution in [0.2, 0.25) is 0 Å². The van der Waals surface area contributed by atoms with Gasteiger partial charge in [0.1, 0.15) is 0 Å². The maximum atomic E-state index is 2.49. The minimum atomic E-state index is 0.994. The van der Waals surface area contributed by atoms with Crippen molar-refractivity contribution in [3.63, 3.8) is 0 Å². The van der Waals surface area contributed by atoms with Crippen LogP contribution in [0.4, 0.5) is 0 Å². The van der Waals surface area contributed by atoms with Crippen LogP contribution < -0.4 is 0 Å². The van der Waals surface area contributed by atoms with Gasteiger partial charge in [-0.25, -0.2) is 0 Å². The summed E-state index contributed by atoms with van der Waals surface area (Å²) in [7, 11) is 0. The van der Waals surface area contributed by atoms with Crippen molar-refractivity contribution in [2.24, 2.45) is 35.5 Å². The van der Waals surface area contributed by atoms with Crippen LogP contribution in [0.25, 0.3) is 0 Å². The Morgan fingerprint density at radius 2 is 1.05 bits per heavy atom. The number of hydrogen-bond acceptors (Lipinski definition) is 0. The van der Waals surface area contributed by atoms with Crippen LogP contribution in [0.15, 0.2) is 0 Å². The lowest BCUT2D eigenvalue weighted by Gasteiger charge is -2.41. The first kappa shape index (κ1) is 15.4. The van der Waals surface area contributed by atoms with Crippen LogP contribution in [0.1, 0.15) is 85.5 Å². The van der Waals surface area contributed by atoms with E-state index < -0.39 is 0 Å². The molecule has 0 amide bonds. The molecule has 0 aromatic heterocycles. The van der Waals surface area contributed by atoms with Crippen molar-refractivity contribution in [3.05, 3.63) is 0 Å². The molecule has 2 saturated carbocycles. The van der Waals surface area contributed by atoms with Gasteiger partial charge in [-0.2, -0.15) is 0 Å². The summed E-state index contributed by atoms with van der Waals surface area (Å²) in [4.78, 5) is 0. The zero-order chi connectivity index (χ0) is 13.8. The van der Waals surface area contributed by atoms with E-state index in [0.717, 1.165) is 35.5 Å². The third-order valence-corrected chi connectivity index (χ3v) is 6.46. The molecular formula is C19H36. The monoisotopic (exact) mass is 264 g/mol. The van der Waals surface area contributed by atoms with Crippen molar-refractivity contribution in [3.8, 4) is 0 Å². The van der Waals surface area contributed by atoms with Crippen LogP contribution >= 0.6 is 0 Å². The van der Waals surface area contributed by atoms with Gasteiger partial charge in [0, 0.05) is 0 Å². The number of rotatable bonds is 4. The normalized spacial score (nSPS) is 44.2. The zero-order valence-corrected chi connectivity index (χ0v) is 13.8. The molecule has 2 fully saturated rings. The fourth-order valence-corrected chi connectivity index (χ4v) is 5.16. The minimum absolute atomic E-state index is 0.994. The molecule has 0 spiro atoms. The second kappa shape index (κ2) is 7.14. The molecule has 0 N–H and O–H groups in total. The molecule has 0 saturated heterocycles. The van der Waals surface area contributed by atoms with E-state index in [2.05, 4.69) is 27.7 Å². The summed E-state index contributed by atoms with van der Waals surface area (Å²) in [5.41, 5.74) is 0. The van der Waals surface area contributed by atoms with Crippen LogP contribution in [0, 0.1) is 35.5 Å². The van der Waals surface area contributed by atoms with Gasteiger partial charge in [0.15, 0.2) is 0 Å². The van der Waals surface area contributed by atoms with E-state index in [9.17, 15) is 0 Å². The smallest absolute Gasteiger partial charge is 0.0381 e. The van der Waals surface area contributed by atoms with E-state index >= 15 is 0 Å². The summed E-state index contributed by atoms with van der Waals surface area (Å²) in [6, 6.07) is 0. The Morgan fingerprint density at radius 3 is 1.42 bits per heavy atom. The molecule has 6 unspecified atom stereocenters. The van der Waals surface area contributed by atoms with Gasteiger partial charge in [-0.1, -0.05) is 53.4 Å². The average Bonchev–Trinajstić information content (AvgIpc) is 2.39. The van der Waals surface area contributed by atoms with Crippen molar-refractivity contribution in [1.29, 1.82) is 0 Å².